The second-order valence-electron chi connectivity index (χ2n) is 6.68. The molecule has 1 amide bonds. The molecule has 0 aliphatic heterocycles. The fourth-order valence-electron chi connectivity index (χ4n) is 2.57. The molecule has 0 aromatic carbocycles. The van der Waals surface area contributed by atoms with Gasteiger partial charge in [0.05, 0.1) is 5.60 Å². The first kappa shape index (κ1) is 15.5. The van der Waals surface area contributed by atoms with Crippen LogP contribution in [-0.4, -0.2) is 24.7 Å². The molecule has 1 aliphatic rings. The van der Waals surface area contributed by atoms with Crippen LogP contribution < -0.4 is 5.32 Å². The Balaban J connectivity index is 2.08. The van der Waals surface area contributed by atoms with E-state index in [0.717, 1.165) is 24.8 Å². The quantitative estimate of drug-likeness (QED) is 0.819. The van der Waals surface area contributed by atoms with Crippen LogP contribution in [0.2, 0.25) is 0 Å². The van der Waals surface area contributed by atoms with Crippen molar-refractivity contribution in [3.05, 3.63) is 0 Å². The van der Waals surface area contributed by atoms with Crippen molar-refractivity contribution < 1.29 is 9.53 Å². The summed E-state index contributed by atoms with van der Waals surface area (Å²) in [5.74, 6) is 1.68. The molecule has 0 spiro atoms. The van der Waals surface area contributed by atoms with Gasteiger partial charge in [0.1, 0.15) is 6.61 Å². The van der Waals surface area contributed by atoms with Gasteiger partial charge in [-0.15, -0.1) is 0 Å². The number of rotatable bonds is 5. The fourth-order valence-corrected chi connectivity index (χ4v) is 2.57. The Bertz CT molecular complexity index is 258. The predicted molar refractivity (Wildman–Crippen MR) is 74.5 cm³/mol. The Kier molecular flexibility index (Phi) is 6.13. The molecular weight excluding hydrogens is 226 g/mol. The number of carbonyl (C=O) groups is 1. The third-order valence-electron chi connectivity index (χ3n) is 3.56. The summed E-state index contributed by atoms with van der Waals surface area (Å²) in [6.07, 6.45) is 6.51. The SMILES string of the molecule is CC1CCCC(CCNC(=O)COC(C)(C)C)C1. The van der Waals surface area contributed by atoms with Crippen LogP contribution in [0.15, 0.2) is 0 Å². The van der Waals surface area contributed by atoms with Crippen LogP contribution in [0.5, 0.6) is 0 Å². The lowest BCUT2D eigenvalue weighted by Gasteiger charge is -2.26. The van der Waals surface area contributed by atoms with Crippen LogP contribution in [0.3, 0.4) is 0 Å². The molecule has 3 heteroatoms. The Morgan fingerprint density at radius 2 is 2.06 bits per heavy atom. The predicted octanol–water partition coefficient (Wildman–Crippen LogP) is 3.13. The molecular formula is C15H29NO2. The van der Waals surface area contributed by atoms with Gasteiger partial charge in [0.25, 0.3) is 0 Å². The summed E-state index contributed by atoms with van der Waals surface area (Å²) in [7, 11) is 0. The van der Waals surface area contributed by atoms with Gasteiger partial charge in [-0.2, -0.15) is 0 Å². The van der Waals surface area contributed by atoms with E-state index in [2.05, 4.69) is 12.2 Å². The molecule has 2 atom stereocenters. The maximum absolute atomic E-state index is 11.6. The van der Waals surface area contributed by atoms with Crippen molar-refractivity contribution in [3.63, 3.8) is 0 Å². The van der Waals surface area contributed by atoms with Crippen molar-refractivity contribution in [1.82, 2.24) is 5.32 Å². The van der Waals surface area contributed by atoms with Crippen LogP contribution in [0.1, 0.15) is 59.8 Å². The number of amides is 1. The Labute approximate surface area is 112 Å². The van der Waals surface area contributed by atoms with E-state index in [1.54, 1.807) is 0 Å². The van der Waals surface area contributed by atoms with Crippen molar-refractivity contribution in [3.8, 4) is 0 Å². The minimum atomic E-state index is -0.240. The van der Waals surface area contributed by atoms with Gasteiger partial charge in [0.2, 0.25) is 5.91 Å². The standard InChI is InChI=1S/C15H29NO2/c1-12-6-5-7-13(10-12)8-9-16-14(17)11-18-15(2,3)4/h12-13H,5-11H2,1-4H3,(H,16,17). The molecule has 106 valence electrons. The van der Waals surface area contributed by atoms with Crippen LogP contribution in [0.25, 0.3) is 0 Å². The van der Waals surface area contributed by atoms with Crippen molar-refractivity contribution in [1.29, 1.82) is 0 Å². The highest BCUT2D eigenvalue weighted by atomic mass is 16.5. The van der Waals surface area contributed by atoms with Gasteiger partial charge in [0, 0.05) is 6.54 Å². The van der Waals surface area contributed by atoms with E-state index in [0.29, 0.717) is 0 Å². The van der Waals surface area contributed by atoms with Gasteiger partial charge in [-0.1, -0.05) is 26.2 Å². The molecule has 1 rings (SSSR count). The van der Waals surface area contributed by atoms with E-state index in [4.69, 9.17) is 4.74 Å². The second-order valence-corrected chi connectivity index (χ2v) is 6.68. The van der Waals surface area contributed by atoms with E-state index in [1.807, 2.05) is 20.8 Å². The first-order valence-electron chi connectivity index (χ1n) is 7.27. The molecule has 1 fully saturated rings. The molecule has 0 radical (unpaired) electrons. The molecule has 18 heavy (non-hydrogen) atoms. The van der Waals surface area contributed by atoms with Crippen LogP contribution in [0.4, 0.5) is 0 Å². The first-order chi connectivity index (χ1) is 8.37. The summed E-state index contributed by atoms with van der Waals surface area (Å²) < 4.78 is 5.44. The molecule has 1 saturated carbocycles. The van der Waals surface area contributed by atoms with E-state index in [-0.39, 0.29) is 18.1 Å². The van der Waals surface area contributed by atoms with Gasteiger partial charge >= 0.3 is 0 Å². The maximum Gasteiger partial charge on any atom is 0.246 e. The summed E-state index contributed by atoms with van der Waals surface area (Å²) in [6.45, 7) is 9.19. The van der Waals surface area contributed by atoms with Crippen molar-refractivity contribution in [2.24, 2.45) is 11.8 Å². The molecule has 0 bridgehead atoms. The van der Waals surface area contributed by atoms with E-state index < -0.39 is 0 Å². The molecule has 0 heterocycles. The highest BCUT2D eigenvalue weighted by Gasteiger charge is 2.18. The van der Waals surface area contributed by atoms with Gasteiger partial charge in [-0.05, 0) is 45.4 Å². The molecule has 1 N–H and O–H groups in total. The third kappa shape index (κ3) is 7.00. The van der Waals surface area contributed by atoms with Crippen molar-refractivity contribution >= 4 is 5.91 Å². The number of carbonyl (C=O) groups excluding carboxylic acids is 1. The average Bonchev–Trinajstić information content (AvgIpc) is 2.25. The van der Waals surface area contributed by atoms with Crippen molar-refractivity contribution in [2.75, 3.05) is 13.2 Å². The van der Waals surface area contributed by atoms with Gasteiger partial charge in [0.15, 0.2) is 0 Å². The highest BCUT2D eigenvalue weighted by molar-refractivity contribution is 5.77. The smallest absolute Gasteiger partial charge is 0.246 e. The lowest BCUT2D eigenvalue weighted by molar-refractivity contribution is -0.130. The molecule has 0 aromatic rings. The number of nitrogens with one attached hydrogen (secondary N) is 1. The maximum atomic E-state index is 11.6. The highest BCUT2D eigenvalue weighted by Crippen LogP contribution is 2.30. The zero-order valence-electron chi connectivity index (χ0n) is 12.4. The van der Waals surface area contributed by atoms with E-state index in [1.165, 1.54) is 25.7 Å². The number of ether oxygens (including phenoxy) is 1. The Morgan fingerprint density at radius 1 is 1.33 bits per heavy atom. The zero-order valence-corrected chi connectivity index (χ0v) is 12.4. The lowest BCUT2D eigenvalue weighted by Crippen LogP contribution is -2.33. The van der Waals surface area contributed by atoms with Crippen LogP contribution in [-0.2, 0) is 9.53 Å². The summed E-state index contributed by atoms with van der Waals surface area (Å²) in [5.41, 5.74) is -0.240. The van der Waals surface area contributed by atoms with Gasteiger partial charge in [-0.3, -0.25) is 4.79 Å². The normalized spacial score (nSPS) is 24.9. The molecule has 2 unspecified atom stereocenters. The lowest BCUT2D eigenvalue weighted by atomic mass is 9.81. The van der Waals surface area contributed by atoms with E-state index >= 15 is 0 Å². The minimum Gasteiger partial charge on any atom is -0.366 e. The summed E-state index contributed by atoms with van der Waals surface area (Å²) >= 11 is 0. The first-order valence-corrected chi connectivity index (χ1v) is 7.27. The van der Waals surface area contributed by atoms with Crippen LogP contribution >= 0.6 is 0 Å². The van der Waals surface area contributed by atoms with Gasteiger partial charge in [-0.25, -0.2) is 0 Å². The van der Waals surface area contributed by atoms with Crippen LogP contribution in [0, 0.1) is 11.8 Å². The van der Waals surface area contributed by atoms with Crippen molar-refractivity contribution in [2.45, 2.75) is 65.4 Å². The Hall–Kier alpha value is -0.570. The topological polar surface area (TPSA) is 38.3 Å². The summed E-state index contributed by atoms with van der Waals surface area (Å²) in [5, 5.41) is 2.95. The third-order valence-corrected chi connectivity index (χ3v) is 3.56. The summed E-state index contributed by atoms with van der Waals surface area (Å²) in [4.78, 5) is 11.6. The van der Waals surface area contributed by atoms with E-state index in [9.17, 15) is 4.79 Å². The largest absolute Gasteiger partial charge is 0.366 e. The Morgan fingerprint density at radius 3 is 2.67 bits per heavy atom. The fraction of sp³-hybridized carbons (Fsp3) is 0.933. The second kappa shape index (κ2) is 7.13. The zero-order chi connectivity index (χ0) is 13.6. The molecule has 3 nitrogen and oxygen atoms in total. The number of hydrogen-bond donors (Lipinski definition) is 1. The molecule has 0 aromatic heterocycles. The van der Waals surface area contributed by atoms with Gasteiger partial charge < -0.3 is 10.1 Å². The summed E-state index contributed by atoms with van der Waals surface area (Å²) in [6, 6.07) is 0. The average molecular weight is 255 g/mol. The monoisotopic (exact) mass is 255 g/mol. The number of hydrogen-bond acceptors (Lipinski definition) is 2. The molecule has 1 aliphatic carbocycles. The minimum absolute atomic E-state index is 0.00813. The molecule has 0 saturated heterocycles.